The summed E-state index contributed by atoms with van der Waals surface area (Å²) in [4.78, 5) is 8.76. The molecule has 1 aromatic rings. The quantitative estimate of drug-likeness (QED) is 0.770. The molecule has 0 radical (unpaired) electrons. The van der Waals surface area contributed by atoms with Gasteiger partial charge in [0.25, 0.3) is 0 Å². The number of hydrogen-bond donors (Lipinski definition) is 3. The monoisotopic (exact) mass is 278 g/mol. The van der Waals surface area contributed by atoms with E-state index in [2.05, 4.69) is 29.1 Å². The maximum absolute atomic E-state index is 9.79. The van der Waals surface area contributed by atoms with E-state index in [4.69, 9.17) is 5.73 Å². The lowest BCUT2D eigenvalue weighted by Crippen LogP contribution is -2.45. The molecule has 1 heterocycles. The van der Waals surface area contributed by atoms with Crippen LogP contribution >= 0.6 is 0 Å². The van der Waals surface area contributed by atoms with Crippen molar-refractivity contribution in [1.29, 1.82) is 0 Å². The van der Waals surface area contributed by atoms with E-state index in [0.29, 0.717) is 5.82 Å². The lowest BCUT2D eigenvalue weighted by molar-refractivity contribution is 0.155. The fourth-order valence-electron chi connectivity index (χ4n) is 2.83. The molecule has 1 fully saturated rings. The van der Waals surface area contributed by atoms with E-state index in [1.165, 1.54) is 0 Å². The highest BCUT2D eigenvalue weighted by atomic mass is 16.3. The van der Waals surface area contributed by atoms with Crippen LogP contribution in [0.4, 0.5) is 11.6 Å². The third-order valence-corrected chi connectivity index (χ3v) is 4.19. The molecular formula is C15H26N4O. The Labute approximate surface area is 121 Å². The molecule has 5 heteroatoms. The normalized spacial score (nSPS) is 26.4. The first-order valence-electron chi connectivity index (χ1n) is 7.59. The van der Waals surface area contributed by atoms with Crippen molar-refractivity contribution in [2.75, 3.05) is 17.7 Å². The third-order valence-electron chi connectivity index (χ3n) is 4.19. The average molecular weight is 278 g/mol. The van der Waals surface area contributed by atoms with Crippen LogP contribution in [0, 0.1) is 5.92 Å². The number of anilines is 2. The molecule has 0 bridgehead atoms. The molecular weight excluding hydrogens is 252 g/mol. The summed E-state index contributed by atoms with van der Waals surface area (Å²) in [6.07, 6.45) is 6.02. The van der Waals surface area contributed by atoms with Crippen LogP contribution in [0.25, 0.3) is 0 Å². The second-order valence-electron chi connectivity index (χ2n) is 6.09. The molecule has 5 nitrogen and oxygen atoms in total. The molecule has 0 spiro atoms. The highest BCUT2D eigenvalue weighted by molar-refractivity contribution is 5.46. The number of nitrogen functional groups attached to an aromatic ring is 1. The van der Waals surface area contributed by atoms with Crippen molar-refractivity contribution < 1.29 is 5.11 Å². The number of nitrogens with one attached hydrogen (secondary N) is 1. The standard InChI is InChI=1S/C15H26N4O/c1-3-4-13-17-12(16)9-14(18-13)19-15(10-20)7-5-11(2)6-8-15/h9,11,20H,3-8,10H2,1-2H3,(H3,16,17,18,19). The number of aryl methyl sites for hydroxylation is 1. The molecule has 1 aliphatic rings. The van der Waals surface area contributed by atoms with Crippen LogP contribution in [-0.2, 0) is 6.42 Å². The second-order valence-corrected chi connectivity index (χ2v) is 6.09. The number of hydrogen-bond acceptors (Lipinski definition) is 5. The predicted octanol–water partition coefficient (Wildman–Crippen LogP) is 2.36. The minimum Gasteiger partial charge on any atom is -0.394 e. The molecule has 112 valence electrons. The van der Waals surface area contributed by atoms with Gasteiger partial charge in [0.2, 0.25) is 0 Å². The van der Waals surface area contributed by atoms with Gasteiger partial charge >= 0.3 is 0 Å². The predicted molar refractivity (Wildman–Crippen MR) is 81.5 cm³/mol. The van der Waals surface area contributed by atoms with Crippen molar-refractivity contribution in [3.63, 3.8) is 0 Å². The van der Waals surface area contributed by atoms with E-state index in [1.54, 1.807) is 6.07 Å². The van der Waals surface area contributed by atoms with Crippen LogP contribution in [0.2, 0.25) is 0 Å². The van der Waals surface area contributed by atoms with Crippen LogP contribution in [0.15, 0.2) is 6.07 Å². The smallest absolute Gasteiger partial charge is 0.133 e. The van der Waals surface area contributed by atoms with Crippen LogP contribution in [0.1, 0.15) is 51.8 Å². The lowest BCUT2D eigenvalue weighted by atomic mass is 9.77. The highest BCUT2D eigenvalue weighted by Crippen LogP contribution is 2.34. The van der Waals surface area contributed by atoms with E-state index < -0.39 is 0 Å². The van der Waals surface area contributed by atoms with Crippen molar-refractivity contribution in [3.05, 3.63) is 11.9 Å². The number of aliphatic hydroxyl groups is 1. The number of nitrogens with zero attached hydrogens (tertiary/aromatic N) is 2. The zero-order chi connectivity index (χ0) is 14.6. The van der Waals surface area contributed by atoms with Gasteiger partial charge in [-0.25, -0.2) is 9.97 Å². The van der Waals surface area contributed by atoms with Crippen molar-refractivity contribution in [3.8, 4) is 0 Å². The van der Waals surface area contributed by atoms with Crippen LogP contribution in [0.5, 0.6) is 0 Å². The molecule has 1 saturated carbocycles. The molecule has 1 aliphatic carbocycles. The number of nitrogens with two attached hydrogens (primary N) is 1. The Morgan fingerprint density at radius 1 is 1.40 bits per heavy atom. The maximum atomic E-state index is 9.79. The van der Waals surface area contributed by atoms with Crippen molar-refractivity contribution in [2.45, 2.75) is 57.9 Å². The van der Waals surface area contributed by atoms with E-state index >= 15 is 0 Å². The highest BCUT2D eigenvalue weighted by Gasteiger charge is 2.33. The van der Waals surface area contributed by atoms with Gasteiger partial charge in [-0.05, 0) is 38.0 Å². The number of aliphatic hydroxyl groups excluding tert-OH is 1. The molecule has 0 atom stereocenters. The second kappa shape index (κ2) is 6.39. The third kappa shape index (κ3) is 3.60. The van der Waals surface area contributed by atoms with Crippen LogP contribution < -0.4 is 11.1 Å². The van der Waals surface area contributed by atoms with E-state index in [9.17, 15) is 5.11 Å². The molecule has 0 aliphatic heterocycles. The van der Waals surface area contributed by atoms with Gasteiger partial charge in [0, 0.05) is 12.5 Å². The Kier molecular flexibility index (Phi) is 4.81. The minimum absolute atomic E-state index is 0.132. The first kappa shape index (κ1) is 15.0. The summed E-state index contributed by atoms with van der Waals surface area (Å²) in [6.45, 7) is 4.49. The molecule has 1 aromatic heterocycles. The lowest BCUT2D eigenvalue weighted by Gasteiger charge is -2.39. The van der Waals surface area contributed by atoms with Crippen molar-refractivity contribution in [1.82, 2.24) is 9.97 Å². The molecule has 0 aromatic carbocycles. The SMILES string of the molecule is CCCc1nc(N)cc(NC2(CO)CCC(C)CC2)n1. The molecule has 0 saturated heterocycles. The van der Waals surface area contributed by atoms with Gasteiger partial charge < -0.3 is 16.2 Å². The maximum Gasteiger partial charge on any atom is 0.133 e. The summed E-state index contributed by atoms with van der Waals surface area (Å²) in [5.41, 5.74) is 5.59. The first-order valence-corrected chi connectivity index (χ1v) is 7.59. The number of rotatable bonds is 5. The summed E-state index contributed by atoms with van der Waals surface area (Å²) >= 11 is 0. The Morgan fingerprint density at radius 3 is 2.70 bits per heavy atom. The Morgan fingerprint density at radius 2 is 2.10 bits per heavy atom. The molecule has 4 N–H and O–H groups in total. The largest absolute Gasteiger partial charge is 0.394 e. The van der Waals surface area contributed by atoms with Gasteiger partial charge in [0.05, 0.1) is 12.1 Å². The summed E-state index contributed by atoms with van der Waals surface area (Å²) in [5.74, 6) is 2.74. The van der Waals surface area contributed by atoms with E-state index in [1.807, 2.05) is 0 Å². The Balaban J connectivity index is 2.14. The molecule has 20 heavy (non-hydrogen) atoms. The molecule has 2 rings (SSSR count). The van der Waals surface area contributed by atoms with Gasteiger partial charge in [-0.15, -0.1) is 0 Å². The molecule has 0 amide bonds. The Bertz CT molecular complexity index is 441. The average Bonchev–Trinajstić information content (AvgIpc) is 2.41. The fraction of sp³-hybridized carbons (Fsp3) is 0.733. The summed E-state index contributed by atoms with van der Waals surface area (Å²) in [5, 5.41) is 13.2. The number of aromatic nitrogens is 2. The van der Waals surface area contributed by atoms with Gasteiger partial charge in [-0.1, -0.05) is 13.8 Å². The fourth-order valence-corrected chi connectivity index (χ4v) is 2.83. The van der Waals surface area contributed by atoms with Crippen LogP contribution in [0.3, 0.4) is 0 Å². The van der Waals surface area contributed by atoms with Gasteiger partial charge in [-0.2, -0.15) is 0 Å². The topological polar surface area (TPSA) is 84.1 Å². The summed E-state index contributed by atoms with van der Waals surface area (Å²) < 4.78 is 0. The van der Waals surface area contributed by atoms with E-state index in [-0.39, 0.29) is 12.1 Å². The minimum atomic E-state index is -0.253. The zero-order valence-corrected chi connectivity index (χ0v) is 12.5. The Hall–Kier alpha value is -1.36. The van der Waals surface area contributed by atoms with Gasteiger partial charge in [-0.3, -0.25) is 0 Å². The van der Waals surface area contributed by atoms with Crippen molar-refractivity contribution in [2.24, 2.45) is 5.92 Å². The van der Waals surface area contributed by atoms with Gasteiger partial charge in [0.1, 0.15) is 17.5 Å². The van der Waals surface area contributed by atoms with Crippen LogP contribution in [-0.4, -0.2) is 27.2 Å². The summed E-state index contributed by atoms with van der Waals surface area (Å²) in [7, 11) is 0. The first-order chi connectivity index (χ1) is 9.57. The molecule has 0 unspecified atom stereocenters. The van der Waals surface area contributed by atoms with E-state index in [0.717, 1.165) is 56.1 Å². The van der Waals surface area contributed by atoms with Gasteiger partial charge in [0.15, 0.2) is 0 Å². The van der Waals surface area contributed by atoms with Crippen molar-refractivity contribution >= 4 is 11.6 Å². The summed E-state index contributed by atoms with van der Waals surface area (Å²) in [6, 6.07) is 1.76. The zero-order valence-electron chi connectivity index (χ0n) is 12.5.